The van der Waals surface area contributed by atoms with Gasteiger partial charge in [0.25, 0.3) is 0 Å². The third kappa shape index (κ3) is 7.18. The Morgan fingerprint density at radius 3 is 2.26 bits per heavy atom. The lowest BCUT2D eigenvalue weighted by Crippen LogP contribution is -2.63. The summed E-state index contributed by atoms with van der Waals surface area (Å²) >= 11 is 0. The van der Waals surface area contributed by atoms with Crippen molar-refractivity contribution in [2.45, 2.75) is 108 Å². The number of halogens is 3. The highest BCUT2D eigenvalue weighted by molar-refractivity contribution is 5.99. The molecule has 4 aromatic rings. The summed E-state index contributed by atoms with van der Waals surface area (Å²) in [4.78, 5) is 36.7. The van der Waals surface area contributed by atoms with Crippen LogP contribution in [-0.2, 0) is 23.1 Å². The van der Waals surface area contributed by atoms with Crippen LogP contribution in [0.25, 0.3) is 10.9 Å². The van der Waals surface area contributed by atoms with E-state index in [1.165, 1.54) is 12.1 Å². The molecule has 1 fully saturated rings. The molecule has 0 aliphatic heterocycles. The Bertz CT molecular complexity index is 1820. The molecule has 0 bridgehead atoms. The largest absolute Gasteiger partial charge is 0.573 e. The van der Waals surface area contributed by atoms with Gasteiger partial charge < -0.3 is 25.7 Å². The van der Waals surface area contributed by atoms with Gasteiger partial charge in [-0.25, -0.2) is 4.79 Å². The standard InChI is InChI=1S/C39H46F3N5O3/c1-24(2)26-12-10-13-27(25(3)4)34(26)46-36(49)47-38(35(48)44-23-37(18-7-5-8-19-37)32-16-6-9-21-43-32)20-17-29-28(22-38)33-30(45-29)14-11-15-31(33)50-39(40,41)42/h6,9-16,21,24-25,45H,5,7-8,17-20,22-23H2,1-4H3,(H,44,48)(H2,46,47,49). The van der Waals surface area contributed by atoms with Gasteiger partial charge in [0.15, 0.2) is 0 Å². The number of ether oxygens (including phenoxy) is 1. The SMILES string of the molecule is CC(C)c1cccc(C(C)C)c1NC(=O)NC1(C(=O)NCC2(c3ccccn3)CCCCC2)CCc2[nH]c3cccc(OC(F)(F)F)c3c2C1. The lowest BCUT2D eigenvalue weighted by molar-refractivity contribution is -0.274. The molecule has 4 N–H and O–H groups in total. The van der Waals surface area contributed by atoms with E-state index >= 15 is 0 Å². The van der Waals surface area contributed by atoms with Crippen LogP contribution in [0.2, 0.25) is 0 Å². The second kappa shape index (κ2) is 14.0. The molecule has 0 saturated heterocycles. The first-order chi connectivity index (χ1) is 23.8. The molecule has 3 amide bonds. The van der Waals surface area contributed by atoms with Gasteiger partial charge in [0.05, 0.1) is 0 Å². The van der Waals surface area contributed by atoms with Gasteiger partial charge in [0.1, 0.15) is 11.3 Å². The van der Waals surface area contributed by atoms with Crippen LogP contribution in [0, 0.1) is 0 Å². The third-order valence-electron chi connectivity index (χ3n) is 10.5. The average Bonchev–Trinajstić information content (AvgIpc) is 3.45. The molecule has 8 nitrogen and oxygen atoms in total. The quantitative estimate of drug-likeness (QED) is 0.141. The minimum absolute atomic E-state index is 0.0285. The molecular weight excluding hydrogens is 643 g/mol. The molecule has 1 unspecified atom stereocenters. The molecule has 50 heavy (non-hydrogen) atoms. The number of nitrogens with one attached hydrogen (secondary N) is 4. The number of fused-ring (bicyclic) bond motifs is 3. The molecule has 2 aromatic carbocycles. The van der Waals surface area contributed by atoms with E-state index in [-0.39, 0.29) is 47.1 Å². The highest BCUT2D eigenvalue weighted by Gasteiger charge is 2.46. The molecule has 11 heteroatoms. The molecule has 0 spiro atoms. The van der Waals surface area contributed by atoms with Crippen molar-refractivity contribution in [3.8, 4) is 5.75 Å². The van der Waals surface area contributed by atoms with Crippen LogP contribution in [0.5, 0.6) is 5.75 Å². The lowest BCUT2D eigenvalue weighted by Gasteiger charge is -2.40. The fraction of sp³-hybridized carbons (Fsp3) is 0.462. The van der Waals surface area contributed by atoms with Gasteiger partial charge >= 0.3 is 12.4 Å². The number of para-hydroxylation sites is 1. The number of benzene rings is 2. The van der Waals surface area contributed by atoms with Gasteiger partial charge in [-0.1, -0.05) is 77.3 Å². The van der Waals surface area contributed by atoms with E-state index in [0.29, 0.717) is 35.4 Å². The van der Waals surface area contributed by atoms with E-state index < -0.39 is 17.9 Å². The van der Waals surface area contributed by atoms with E-state index in [0.717, 1.165) is 48.9 Å². The molecule has 2 aliphatic carbocycles. The number of aromatic amines is 1. The number of hydrogen-bond donors (Lipinski definition) is 4. The first-order valence-electron chi connectivity index (χ1n) is 17.6. The number of anilines is 1. The van der Waals surface area contributed by atoms with Crippen molar-refractivity contribution in [3.63, 3.8) is 0 Å². The van der Waals surface area contributed by atoms with Gasteiger partial charge in [-0.2, -0.15) is 0 Å². The van der Waals surface area contributed by atoms with Gasteiger partial charge in [-0.3, -0.25) is 9.78 Å². The van der Waals surface area contributed by atoms with E-state index in [1.807, 2.05) is 36.4 Å². The van der Waals surface area contributed by atoms with Crippen LogP contribution in [0.1, 0.15) is 106 Å². The molecule has 1 saturated carbocycles. The zero-order valence-electron chi connectivity index (χ0n) is 29.1. The molecule has 1 atom stereocenters. The number of H-pyrrole nitrogens is 1. The number of pyridine rings is 1. The van der Waals surface area contributed by atoms with Gasteiger partial charge in [-0.05, 0) is 78.5 Å². The van der Waals surface area contributed by atoms with Crippen LogP contribution in [0.4, 0.5) is 23.7 Å². The number of rotatable bonds is 9. The number of hydrogen-bond acceptors (Lipinski definition) is 4. The first-order valence-corrected chi connectivity index (χ1v) is 17.6. The molecule has 2 heterocycles. The van der Waals surface area contributed by atoms with Gasteiger partial charge in [-0.15, -0.1) is 13.2 Å². The Labute approximate surface area is 291 Å². The third-order valence-corrected chi connectivity index (χ3v) is 10.5. The number of urea groups is 1. The van der Waals surface area contributed by atoms with Crippen molar-refractivity contribution >= 4 is 28.5 Å². The zero-order valence-corrected chi connectivity index (χ0v) is 29.1. The van der Waals surface area contributed by atoms with Crippen LogP contribution >= 0.6 is 0 Å². The average molecular weight is 690 g/mol. The summed E-state index contributed by atoms with van der Waals surface area (Å²) < 4.78 is 45.1. The second-order valence-electron chi connectivity index (χ2n) is 14.5. The Morgan fingerprint density at radius 1 is 0.920 bits per heavy atom. The van der Waals surface area contributed by atoms with Crippen molar-refractivity contribution in [3.05, 3.63) is 88.9 Å². The van der Waals surface area contributed by atoms with E-state index in [9.17, 15) is 22.8 Å². The topological polar surface area (TPSA) is 108 Å². The van der Waals surface area contributed by atoms with Gasteiger partial charge in [0, 0.05) is 52.6 Å². The van der Waals surface area contributed by atoms with Crippen molar-refractivity contribution in [2.24, 2.45) is 0 Å². The number of nitrogens with zero attached hydrogens (tertiary/aromatic N) is 1. The summed E-state index contributed by atoms with van der Waals surface area (Å²) in [5, 5.41) is 9.61. The molecule has 2 aromatic heterocycles. The van der Waals surface area contributed by atoms with Crippen LogP contribution in [0.15, 0.2) is 60.8 Å². The van der Waals surface area contributed by atoms with Crippen LogP contribution in [-0.4, -0.2) is 40.4 Å². The zero-order chi connectivity index (χ0) is 35.7. The van der Waals surface area contributed by atoms with E-state index in [4.69, 9.17) is 0 Å². The number of amides is 3. The summed E-state index contributed by atoms with van der Waals surface area (Å²) in [5.41, 5.74) is 3.43. The first kappa shape index (κ1) is 35.3. The van der Waals surface area contributed by atoms with Crippen molar-refractivity contribution in [2.75, 3.05) is 11.9 Å². The smallest absolute Gasteiger partial charge is 0.405 e. The maximum absolute atomic E-state index is 14.7. The minimum atomic E-state index is -4.91. The highest BCUT2D eigenvalue weighted by atomic mass is 19.4. The molecule has 0 radical (unpaired) electrons. The second-order valence-corrected chi connectivity index (χ2v) is 14.5. The van der Waals surface area contributed by atoms with Crippen LogP contribution < -0.4 is 20.7 Å². The number of aromatic nitrogens is 2. The Morgan fingerprint density at radius 2 is 1.62 bits per heavy atom. The predicted molar refractivity (Wildman–Crippen MR) is 189 cm³/mol. The Kier molecular flexibility index (Phi) is 9.88. The number of carbonyl (C=O) groups excluding carboxylic acids is 2. The van der Waals surface area contributed by atoms with Crippen molar-refractivity contribution in [1.82, 2.24) is 20.6 Å². The highest BCUT2D eigenvalue weighted by Crippen LogP contribution is 2.42. The monoisotopic (exact) mass is 689 g/mol. The summed E-state index contributed by atoms with van der Waals surface area (Å²) in [5.74, 6) is -0.494. The van der Waals surface area contributed by atoms with E-state index in [2.05, 4.69) is 58.4 Å². The fourth-order valence-corrected chi connectivity index (χ4v) is 7.94. The molecule has 2 aliphatic rings. The minimum Gasteiger partial charge on any atom is -0.405 e. The predicted octanol–water partition coefficient (Wildman–Crippen LogP) is 8.78. The van der Waals surface area contributed by atoms with Crippen molar-refractivity contribution in [1.29, 1.82) is 0 Å². The maximum atomic E-state index is 14.7. The summed E-state index contributed by atoms with van der Waals surface area (Å²) in [6.45, 7) is 8.55. The summed E-state index contributed by atoms with van der Waals surface area (Å²) in [6.07, 6.45) is 2.24. The van der Waals surface area contributed by atoms with E-state index in [1.54, 1.807) is 12.3 Å². The number of aryl methyl sites for hydroxylation is 1. The Balaban J connectivity index is 1.37. The van der Waals surface area contributed by atoms with Gasteiger partial charge in [0.2, 0.25) is 5.91 Å². The van der Waals surface area contributed by atoms with Crippen LogP contribution in [0.3, 0.4) is 0 Å². The molecule has 6 rings (SSSR count). The normalized spacial score (nSPS) is 18.9. The molecular formula is C39H46F3N5O3. The summed E-state index contributed by atoms with van der Waals surface area (Å²) in [6, 6.07) is 15.7. The number of alkyl halides is 3. The fourth-order valence-electron chi connectivity index (χ4n) is 7.94. The molecule has 266 valence electrons. The maximum Gasteiger partial charge on any atom is 0.573 e. The summed E-state index contributed by atoms with van der Waals surface area (Å²) in [7, 11) is 0. The lowest BCUT2D eigenvalue weighted by atomic mass is 9.71. The number of carbonyl (C=O) groups is 2. The van der Waals surface area contributed by atoms with Crippen molar-refractivity contribution < 1.29 is 27.5 Å². The Hall–Kier alpha value is -4.54.